The number of fused-ring (bicyclic) bond motifs is 4. The van der Waals surface area contributed by atoms with Crippen molar-refractivity contribution in [1.82, 2.24) is 0 Å². The number of anilines is 1. The number of rotatable bonds is 1. The highest BCUT2D eigenvalue weighted by Gasteiger charge is 2.40. The van der Waals surface area contributed by atoms with Crippen molar-refractivity contribution < 1.29 is 13.9 Å². The first-order valence-corrected chi connectivity index (χ1v) is 8.82. The van der Waals surface area contributed by atoms with Gasteiger partial charge in [-0.1, -0.05) is 40.2 Å². The minimum atomic E-state index is -0.201. The molecule has 0 fully saturated rings. The fraction of sp³-hybridized carbons (Fsp3) is 0.263. The highest BCUT2D eigenvalue weighted by molar-refractivity contribution is 9.10. The van der Waals surface area contributed by atoms with Gasteiger partial charge in [0.1, 0.15) is 5.82 Å². The number of benzene rings is 2. The molecule has 0 unspecified atom stereocenters. The Kier molecular flexibility index (Phi) is 3.13. The Hall–Kier alpha value is -2.01. The van der Waals surface area contributed by atoms with E-state index in [1.165, 1.54) is 6.07 Å². The molecular weight excluding hydrogens is 373 g/mol. The van der Waals surface area contributed by atoms with Crippen LogP contribution in [0, 0.1) is 11.7 Å². The predicted molar refractivity (Wildman–Crippen MR) is 93.0 cm³/mol. The fourth-order valence-corrected chi connectivity index (χ4v) is 4.63. The van der Waals surface area contributed by atoms with Crippen LogP contribution in [-0.2, 0) is 0 Å². The van der Waals surface area contributed by atoms with Crippen LogP contribution in [0.5, 0.6) is 11.5 Å². The summed E-state index contributed by atoms with van der Waals surface area (Å²) in [6.07, 6.45) is 5.38. The average molecular weight is 388 g/mol. The number of nitrogens with one attached hydrogen (secondary N) is 1. The Labute approximate surface area is 147 Å². The first kappa shape index (κ1) is 14.3. The molecule has 2 aromatic carbocycles. The molecule has 122 valence electrons. The molecule has 0 amide bonds. The molecule has 5 heteroatoms. The van der Waals surface area contributed by atoms with Gasteiger partial charge in [0.2, 0.25) is 6.79 Å². The van der Waals surface area contributed by atoms with Gasteiger partial charge in [-0.3, -0.25) is 0 Å². The van der Waals surface area contributed by atoms with E-state index >= 15 is 0 Å². The average Bonchev–Trinajstić information content (AvgIpc) is 3.22. The van der Waals surface area contributed by atoms with Crippen LogP contribution in [0.3, 0.4) is 0 Å². The van der Waals surface area contributed by atoms with Crippen molar-refractivity contribution in [2.45, 2.75) is 18.4 Å². The molecule has 0 saturated heterocycles. The van der Waals surface area contributed by atoms with Crippen LogP contribution in [0.15, 0.2) is 47.0 Å². The fourth-order valence-electron chi connectivity index (χ4n) is 4.06. The Morgan fingerprint density at radius 1 is 1.12 bits per heavy atom. The number of halogens is 2. The smallest absolute Gasteiger partial charge is 0.231 e. The van der Waals surface area contributed by atoms with Crippen LogP contribution in [0.25, 0.3) is 0 Å². The van der Waals surface area contributed by atoms with E-state index in [0.29, 0.717) is 11.6 Å². The van der Waals surface area contributed by atoms with Crippen LogP contribution in [-0.4, -0.2) is 6.79 Å². The van der Waals surface area contributed by atoms with Crippen LogP contribution in [0.1, 0.15) is 29.5 Å². The van der Waals surface area contributed by atoms with Gasteiger partial charge in [-0.25, -0.2) is 4.39 Å². The maximum Gasteiger partial charge on any atom is 0.231 e. The third kappa shape index (κ3) is 2.00. The zero-order chi connectivity index (χ0) is 16.3. The lowest BCUT2D eigenvalue weighted by molar-refractivity contribution is 0.174. The Bertz CT molecular complexity index is 867. The molecule has 5 rings (SSSR count). The van der Waals surface area contributed by atoms with Gasteiger partial charge in [-0.15, -0.1) is 0 Å². The third-order valence-electron chi connectivity index (χ3n) is 5.17. The van der Waals surface area contributed by atoms with E-state index in [2.05, 4.69) is 33.4 Å². The molecule has 2 aromatic rings. The van der Waals surface area contributed by atoms with Crippen molar-refractivity contribution in [3.05, 3.63) is 63.9 Å². The minimum Gasteiger partial charge on any atom is -0.454 e. The summed E-state index contributed by atoms with van der Waals surface area (Å²) in [6, 6.07) is 9.27. The van der Waals surface area contributed by atoms with E-state index in [4.69, 9.17) is 9.47 Å². The second-order valence-electron chi connectivity index (χ2n) is 6.41. The summed E-state index contributed by atoms with van der Waals surface area (Å²) in [6.45, 7) is 0.244. The van der Waals surface area contributed by atoms with Gasteiger partial charge >= 0.3 is 0 Å². The molecule has 0 bridgehead atoms. The van der Waals surface area contributed by atoms with Crippen molar-refractivity contribution in [2.24, 2.45) is 5.92 Å². The van der Waals surface area contributed by atoms with E-state index in [1.54, 1.807) is 6.07 Å². The number of ether oxygens (including phenoxy) is 2. The summed E-state index contributed by atoms with van der Waals surface area (Å²) in [5.41, 5.74) is 2.73. The van der Waals surface area contributed by atoms with Gasteiger partial charge in [0.05, 0.1) is 11.7 Å². The van der Waals surface area contributed by atoms with Gasteiger partial charge in [0.25, 0.3) is 0 Å². The molecule has 0 saturated carbocycles. The van der Waals surface area contributed by atoms with E-state index in [1.807, 2.05) is 18.2 Å². The lowest BCUT2D eigenvalue weighted by atomic mass is 9.77. The van der Waals surface area contributed by atoms with Crippen LogP contribution < -0.4 is 14.8 Å². The second-order valence-corrected chi connectivity index (χ2v) is 7.26. The van der Waals surface area contributed by atoms with Crippen LogP contribution in [0.2, 0.25) is 0 Å². The topological polar surface area (TPSA) is 30.5 Å². The second kappa shape index (κ2) is 5.24. The molecule has 0 spiro atoms. The molecule has 1 N–H and O–H groups in total. The van der Waals surface area contributed by atoms with E-state index in [-0.39, 0.29) is 24.6 Å². The van der Waals surface area contributed by atoms with Gasteiger partial charge in [0, 0.05) is 10.4 Å². The summed E-state index contributed by atoms with van der Waals surface area (Å²) in [7, 11) is 0. The van der Waals surface area contributed by atoms with Crippen molar-refractivity contribution in [3.8, 4) is 11.5 Å². The summed E-state index contributed by atoms with van der Waals surface area (Å²) < 4.78 is 26.3. The quantitative estimate of drug-likeness (QED) is 0.686. The molecule has 0 aromatic heterocycles. The summed E-state index contributed by atoms with van der Waals surface area (Å²) in [5, 5.41) is 3.44. The molecule has 24 heavy (non-hydrogen) atoms. The minimum absolute atomic E-state index is 0.0123. The highest BCUT2D eigenvalue weighted by atomic mass is 79.9. The molecule has 0 radical (unpaired) electrons. The molecule has 2 heterocycles. The van der Waals surface area contributed by atoms with E-state index < -0.39 is 0 Å². The lowest BCUT2D eigenvalue weighted by Crippen LogP contribution is -2.30. The van der Waals surface area contributed by atoms with Crippen molar-refractivity contribution in [1.29, 1.82) is 0 Å². The van der Waals surface area contributed by atoms with Gasteiger partial charge < -0.3 is 14.8 Å². The maximum atomic E-state index is 14.4. The first-order valence-electron chi connectivity index (χ1n) is 8.03. The molecule has 1 aliphatic carbocycles. The standard InChI is InChI=1S/C19H15BrFNO2/c20-14-8-17-16(23-9-24-17)7-13(14)18-11-4-1-3-10(11)12-5-2-6-15(21)19(12)22-18/h1-3,5-8,10-11,18,22H,4,9H2/t10-,11-,18-/m0/s1. The van der Waals surface area contributed by atoms with Crippen molar-refractivity contribution in [3.63, 3.8) is 0 Å². The van der Waals surface area contributed by atoms with E-state index in [9.17, 15) is 4.39 Å². The Morgan fingerprint density at radius 3 is 2.83 bits per heavy atom. The number of hydrogen-bond acceptors (Lipinski definition) is 3. The first-order chi connectivity index (χ1) is 11.7. The summed E-state index contributed by atoms with van der Waals surface area (Å²) >= 11 is 3.65. The molecule has 3 atom stereocenters. The SMILES string of the molecule is Fc1cccc2c1N[C@H](c1cc3c(cc1Br)OCO3)[C@H]1CC=C[C@H]21. The summed E-state index contributed by atoms with van der Waals surface area (Å²) in [5.74, 6) is 1.88. The van der Waals surface area contributed by atoms with Gasteiger partial charge in [0.15, 0.2) is 11.5 Å². The Balaban J connectivity index is 1.64. The van der Waals surface area contributed by atoms with Crippen LogP contribution in [0.4, 0.5) is 10.1 Å². The summed E-state index contributed by atoms with van der Waals surface area (Å²) in [4.78, 5) is 0. The molecule has 3 nitrogen and oxygen atoms in total. The highest BCUT2D eigenvalue weighted by Crippen LogP contribution is 2.52. The third-order valence-corrected chi connectivity index (χ3v) is 5.86. The van der Waals surface area contributed by atoms with Gasteiger partial charge in [-0.05, 0) is 41.7 Å². The maximum absolute atomic E-state index is 14.4. The zero-order valence-corrected chi connectivity index (χ0v) is 14.3. The zero-order valence-electron chi connectivity index (χ0n) is 12.8. The predicted octanol–water partition coefficient (Wildman–Crippen LogP) is 5.14. The lowest BCUT2D eigenvalue weighted by Gasteiger charge is -2.38. The van der Waals surface area contributed by atoms with Crippen molar-refractivity contribution in [2.75, 3.05) is 12.1 Å². The van der Waals surface area contributed by atoms with Gasteiger partial charge in [-0.2, -0.15) is 0 Å². The molecular formula is C19H15BrFNO2. The number of hydrogen-bond donors (Lipinski definition) is 1. The normalized spacial score (nSPS) is 26.0. The largest absolute Gasteiger partial charge is 0.454 e. The Morgan fingerprint density at radius 2 is 1.96 bits per heavy atom. The molecule has 3 aliphatic rings. The van der Waals surface area contributed by atoms with Crippen molar-refractivity contribution >= 4 is 21.6 Å². The monoisotopic (exact) mass is 387 g/mol. The molecule has 2 aliphatic heterocycles. The van der Waals surface area contributed by atoms with Crippen LogP contribution >= 0.6 is 15.9 Å². The number of para-hydroxylation sites is 1. The number of allylic oxidation sites excluding steroid dienone is 2. The van der Waals surface area contributed by atoms with E-state index in [0.717, 1.165) is 33.5 Å².